The minimum atomic E-state index is -0.554. The first-order valence-electron chi connectivity index (χ1n) is 2.69. The Morgan fingerprint density at radius 3 is 2.89 bits per heavy atom. The number of hydrogen-bond donors (Lipinski definition) is 1. The average molecular weight is 148 g/mol. The standard InChI is InChI=1S/C5H8O3S/c1-3(6)5-8-4(7)2-9-5/h3,5-6H,2H2,1H3/t3-,5?/m1/s1. The zero-order valence-electron chi connectivity index (χ0n) is 5.03. The Hall–Kier alpha value is -0.220. The van der Waals surface area contributed by atoms with E-state index in [2.05, 4.69) is 0 Å². The highest BCUT2D eigenvalue weighted by Gasteiger charge is 2.27. The van der Waals surface area contributed by atoms with Gasteiger partial charge in [0.2, 0.25) is 0 Å². The number of aliphatic hydroxyl groups is 1. The van der Waals surface area contributed by atoms with E-state index in [9.17, 15) is 4.79 Å². The van der Waals surface area contributed by atoms with Crippen LogP contribution in [0.1, 0.15) is 6.92 Å². The molecule has 1 N–H and O–H groups in total. The highest BCUT2D eigenvalue weighted by molar-refractivity contribution is 8.00. The predicted octanol–water partition coefficient (Wildman–Crippen LogP) is -0.0167. The maximum absolute atomic E-state index is 10.4. The molecule has 9 heavy (non-hydrogen) atoms. The Kier molecular flexibility index (Phi) is 1.97. The summed E-state index contributed by atoms with van der Waals surface area (Å²) in [5.41, 5.74) is -0.336. The molecule has 0 radical (unpaired) electrons. The molecule has 0 aromatic rings. The van der Waals surface area contributed by atoms with Crippen molar-refractivity contribution in [1.82, 2.24) is 0 Å². The molecule has 1 aliphatic rings. The maximum atomic E-state index is 10.4. The van der Waals surface area contributed by atoms with E-state index in [0.717, 1.165) is 0 Å². The minimum absolute atomic E-state index is 0.231. The summed E-state index contributed by atoms with van der Waals surface area (Å²) < 4.78 is 4.70. The zero-order chi connectivity index (χ0) is 6.85. The fourth-order valence-corrected chi connectivity index (χ4v) is 1.41. The van der Waals surface area contributed by atoms with Crippen LogP contribution in [-0.4, -0.2) is 28.4 Å². The van der Waals surface area contributed by atoms with Crippen LogP contribution in [0.4, 0.5) is 0 Å². The normalized spacial score (nSPS) is 30.0. The summed E-state index contributed by atoms with van der Waals surface area (Å²) in [6, 6.07) is 0. The van der Waals surface area contributed by atoms with Gasteiger partial charge in [-0.25, -0.2) is 0 Å². The summed E-state index contributed by atoms with van der Waals surface area (Å²) in [4.78, 5) is 10.4. The van der Waals surface area contributed by atoms with Crippen LogP contribution in [0.15, 0.2) is 0 Å². The van der Waals surface area contributed by atoms with Crippen molar-refractivity contribution in [1.29, 1.82) is 0 Å². The average Bonchev–Trinajstić information content (AvgIpc) is 2.14. The number of rotatable bonds is 1. The predicted molar refractivity (Wildman–Crippen MR) is 34.0 cm³/mol. The summed E-state index contributed by atoms with van der Waals surface area (Å²) >= 11 is 1.34. The fourth-order valence-electron chi connectivity index (χ4n) is 0.585. The Morgan fingerprint density at radius 1 is 2.00 bits per heavy atom. The highest BCUT2D eigenvalue weighted by Crippen LogP contribution is 2.23. The molecule has 0 bridgehead atoms. The quantitative estimate of drug-likeness (QED) is 0.531. The second kappa shape index (κ2) is 2.58. The van der Waals surface area contributed by atoms with Gasteiger partial charge in [0.25, 0.3) is 0 Å². The number of hydrogen-bond acceptors (Lipinski definition) is 4. The van der Waals surface area contributed by atoms with Gasteiger partial charge in [0.15, 0.2) is 5.44 Å². The molecule has 0 aromatic heterocycles. The molecule has 3 nitrogen and oxygen atoms in total. The van der Waals surface area contributed by atoms with Crippen LogP contribution in [0.5, 0.6) is 0 Å². The molecule has 1 fully saturated rings. The van der Waals surface area contributed by atoms with Crippen molar-refractivity contribution in [3.8, 4) is 0 Å². The third-order valence-electron chi connectivity index (χ3n) is 1.01. The maximum Gasteiger partial charge on any atom is 0.317 e. The smallest absolute Gasteiger partial charge is 0.317 e. The summed E-state index contributed by atoms with van der Waals surface area (Å²) in [6.45, 7) is 1.61. The number of cyclic esters (lactones) is 1. The van der Waals surface area contributed by atoms with Crippen molar-refractivity contribution < 1.29 is 14.6 Å². The molecule has 0 amide bonds. The SMILES string of the molecule is C[C@@H](O)C1OC(=O)CS1. The molecule has 0 spiro atoms. The van der Waals surface area contributed by atoms with E-state index >= 15 is 0 Å². The molecule has 1 aliphatic heterocycles. The second-order valence-electron chi connectivity index (χ2n) is 1.91. The van der Waals surface area contributed by atoms with E-state index in [1.807, 2.05) is 0 Å². The van der Waals surface area contributed by atoms with Crippen LogP contribution in [0.2, 0.25) is 0 Å². The molecule has 1 saturated heterocycles. The van der Waals surface area contributed by atoms with Gasteiger partial charge in [0.1, 0.15) is 0 Å². The Balaban J connectivity index is 2.39. The molecule has 52 valence electrons. The van der Waals surface area contributed by atoms with Crippen LogP contribution in [-0.2, 0) is 9.53 Å². The first-order valence-corrected chi connectivity index (χ1v) is 3.74. The van der Waals surface area contributed by atoms with Crippen molar-refractivity contribution in [3.63, 3.8) is 0 Å². The van der Waals surface area contributed by atoms with E-state index in [-0.39, 0.29) is 11.4 Å². The van der Waals surface area contributed by atoms with Gasteiger partial charge in [0.05, 0.1) is 11.9 Å². The number of esters is 1. The molecular formula is C5H8O3S. The Labute approximate surface area is 57.4 Å². The summed E-state index contributed by atoms with van der Waals surface area (Å²) in [6.07, 6.45) is -0.554. The number of thioether (sulfide) groups is 1. The van der Waals surface area contributed by atoms with Gasteiger partial charge < -0.3 is 9.84 Å². The van der Waals surface area contributed by atoms with Crippen LogP contribution in [0, 0.1) is 0 Å². The molecule has 1 unspecified atom stereocenters. The lowest BCUT2D eigenvalue weighted by molar-refractivity contribution is -0.143. The van der Waals surface area contributed by atoms with Crippen molar-refractivity contribution in [3.05, 3.63) is 0 Å². The van der Waals surface area contributed by atoms with Crippen molar-refractivity contribution >= 4 is 17.7 Å². The van der Waals surface area contributed by atoms with Gasteiger partial charge in [-0.15, -0.1) is 11.8 Å². The van der Waals surface area contributed by atoms with Crippen LogP contribution < -0.4 is 0 Å². The molecule has 2 atom stereocenters. The molecule has 0 aromatic carbocycles. The number of aliphatic hydroxyl groups excluding tert-OH is 1. The van der Waals surface area contributed by atoms with E-state index in [0.29, 0.717) is 5.75 Å². The number of carbonyl (C=O) groups is 1. The number of ether oxygens (including phenoxy) is 1. The summed E-state index contributed by atoms with van der Waals surface area (Å²) in [7, 11) is 0. The molecule has 0 aliphatic carbocycles. The van der Waals surface area contributed by atoms with Gasteiger partial charge in [-0.05, 0) is 6.92 Å². The Bertz CT molecular complexity index is 123. The first kappa shape index (κ1) is 6.89. The minimum Gasteiger partial charge on any atom is -0.448 e. The summed E-state index contributed by atoms with van der Waals surface area (Å²) in [5, 5.41) is 8.87. The fraction of sp³-hybridized carbons (Fsp3) is 0.800. The molecule has 4 heteroatoms. The molecule has 0 saturated carbocycles. The van der Waals surface area contributed by atoms with Crippen LogP contribution in [0.3, 0.4) is 0 Å². The first-order chi connectivity index (χ1) is 4.20. The largest absolute Gasteiger partial charge is 0.448 e. The lowest BCUT2D eigenvalue weighted by Gasteiger charge is -2.09. The van der Waals surface area contributed by atoms with Crippen molar-refractivity contribution in [2.24, 2.45) is 0 Å². The van der Waals surface area contributed by atoms with E-state index in [4.69, 9.17) is 9.84 Å². The Morgan fingerprint density at radius 2 is 2.67 bits per heavy atom. The van der Waals surface area contributed by atoms with Gasteiger partial charge in [-0.2, -0.15) is 0 Å². The highest BCUT2D eigenvalue weighted by atomic mass is 32.2. The third kappa shape index (κ3) is 1.59. The van der Waals surface area contributed by atoms with Gasteiger partial charge >= 0.3 is 5.97 Å². The van der Waals surface area contributed by atoms with E-state index < -0.39 is 6.10 Å². The molecule has 1 rings (SSSR count). The van der Waals surface area contributed by atoms with Gasteiger partial charge in [-0.1, -0.05) is 0 Å². The molecular weight excluding hydrogens is 140 g/mol. The third-order valence-corrected chi connectivity index (χ3v) is 2.23. The summed E-state index contributed by atoms with van der Waals surface area (Å²) in [5.74, 6) is 0.140. The van der Waals surface area contributed by atoms with Crippen molar-refractivity contribution in [2.45, 2.75) is 18.5 Å². The van der Waals surface area contributed by atoms with Gasteiger partial charge in [-0.3, -0.25) is 4.79 Å². The van der Waals surface area contributed by atoms with E-state index in [1.165, 1.54) is 11.8 Å². The molecule has 1 heterocycles. The lowest BCUT2D eigenvalue weighted by Crippen LogP contribution is -2.19. The monoisotopic (exact) mass is 148 g/mol. The lowest BCUT2D eigenvalue weighted by atomic mass is 10.4. The van der Waals surface area contributed by atoms with Crippen LogP contribution >= 0.6 is 11.8 Å². The van der Waals surface area contributed by atoms with Crippen molar-refractivity contribution in [2.75, 3.05) is 5.75 Å². The van der Waals surface area contributed by atoms with Gasteiger partial charge in [0, 0.05) is 0 Å². The van der Waals surface area contributed by atoms with E-state index in [1.54, 1.807) is 6.92 Å². The van der Waals surface area contributed by atoms with Crippen LogP contribution in [0.25, 0.3) is 0 Å². The zero-order valence-corrected chi connectivity index (χ0v) is 5.85. The number of carbonyl (C=O) groups excluding carboxylic acids is 1. The second-order valence-corrected chi connectivity index (χ2v) is 3.00. The topological polar surface area (TPSA) is 46.5 Å².